The molecule has 9 heteroatoms. The topological polar surface area (TPSA) is 149 Å². The van der Waals surface area contributed by atoms with E-state index in [2.05, 4.69) is 24.4 Å². The van der Waals surface area contributed by atoms with E-state index in [1.807, 2.05) is 13.0 Å². The van der Waals surface area contributed by atoms with E-state index in [-0.39, 0.29) is 12.5 Å². The molecular weight excluding hydrogens is 466 g/mol. The molecule has 0 radical (unpaired) electrons. The number of nitrogens with one attached hydrogen (secondary N) is 1. The van der Waals surface area contributed by atoms with Crippen molar-refractivity contribution in [3.05, 3.63) is 24.3 Å². The average molecular weight is 516 g/mol. The summed E-state index contributed by atoms with van der Waals surface area (Å²) in [5.74, 6) is -0.228. The third kappa shape index (κ3) is 12.8. The van der Waals surface area contributed by atoms with E-state index in [4.69, 9.17) is 9.47 Å². The molecule has 36 heavy (non-hydrogen) atoms. The number of amides is 1. The van der Waals surface area contributed by atoms with Crippen molar-refractivity contribution in [2.24, 2.45) is 0 Å². The van der Waals surface area contributed by atoms with Gasteiger partial charge in [0, 0.05) is 6.42 Å². The van der Waals surface area contributed by atoms with Gasteiger partial charge in [0.25, 0.3) is 0 Å². The molecule has 7 atom stereocenters. The first kappa shape index (κ1) is 32.7. The lowest BCUT2D eigenvalue weighted by molar-refractivity contribution is -0.302. The summed E-state index contributed by atoms with van der Waals surface area (Å²) >= 11 is 0. The van der Waals surface area contributed by atoms with Gasteiger partial charge in [-0.1, -0.05) is 70.3 Å². The van der Waals surface area contributed by atoms with Crippen LogP contribution in [0.1, 0.15) is 84.5 Å². The number of hydrogen-bond donors (Lipinski definition) is 6. The quantitative estimate of drug-likeness (QED) is 0.113. The minimum Gasteiger partial charge on any atom is -0.394 e. The first-order valence-electron chi connectivity index (χ1n) is 13.6. The Hall–Kier alpha value is -1.33. The fourth-order valence-corrected chi connectivity index (χ4v) is 3.91. The second-order valence-electron chi connectivity index (χ2n) is 9.48. The Morgan fingerprint density at radius 2 is 1.58 bits per heavy atom. The van der Waals surface area contributed by atoms with E-state index in [0.717, 1.165) is 25.7 Å². The van der Waals surface area contributed by atoms with Crippen LogP contribution < -0.4 is 5.32 Å². The molecule has 0 saturated carbocycles. The molecule has 0 aromatic rings. The lowest BCUT2D eigenvalue weighted by atomic mass is 9.99. The molecule has 0 aliphatic carbocycles. The molecule has 0 spiro atoms. The lowest BCUT2D eigenvalue weighted by Gasteiger charge is -2.40. The summed E-state index contributed by atoms with van der Waals surface area (Å²) in [6.45, 7) is 3.41. The van der Waals surface area contributed by atoms with Crippen LogP contribution in [0.3, 0.4) is 0 Å². The van der Waals surface area contributed by atoms with Crippen molar-refractivity contribution in [2.45, 2.75) is 127 Å². The molecule has 1 fully saturated rings. The van der Waals surface area contributed by atoms with Gasteiger partial charge < -0.3 is 40.3 Å². The first-order chi connectivity index (χ1) is 17.3. The molecular formula is C27H49NO8. The average Bonchev–Trinajstić information content (AvgIpc) is 2.87. The molecule has 1 amide bonds. The van der Waals surface area contributed by atoms with Crippen LogP contribution in [0.2, 0.25) is 0 Å². The number of rotatable bonds is 19. The van der Waals surface area contributed by atoms with Crippen LogP contribution in [0.4, 0.5) is 0 Å². The molecule has 7 unspecified atom stereocenters. The Balaban J connectivity index is 2.58. The number of carbonyl (C=O) groups excluding carboxylic acids is 1. The van der Waals surface area contributed by atoms with E-state index >= 15 is 0 Å². The normalized spacial score (nSPS) is 26.5. The second kappa shape index (κ2) is 19.7. The number of allylic oxidation sites excluding steroid dienone is 3. The Labute approximate surface area is 216 Å². The molecule has 1 saturated heterocycles. The van der Waals surface area contributed by atoms with Gasteiger partial charge >= 0.3 is 0 Å². The van der Waals surface area contributed by atoms with Crippen LogP contribution in [0.15, 0.2) is 24.3 Å². The van der Waals surface area contributed by atoms with Crippen molar-refractivity contribution >= 4 is 5.91 Å². The standard InChI is InChI=1S/C27H49NO8/c1-3-5-7-8-9-10-11-12-13-14-15-16-21(30)20(28-23(31)17-6-4-2)19-35-27-26(34)25(33)24(32)22(18-29)36-27/h11-12,15-16,20-22,24-27,29-30,32-34H,3-10,13-14,17-19H2,1-2H3,(H,28,31)/b12-11+,16-15+. The number of unbranched alkanes of at least 4 members (excludes halogenated alkanes) is 7. The van der Waals surface area contributed by atoms with Gasteiger partial charge in [0.05, 0.1) is 25.4 Å². The summed E-state index contributed by atoms with van der Waals surface area (Å²) in [5, 5.41) is 52.8. The highest BCUT2D eigenvalue weighted by Crippen LogP contribution is 2.22. The summed E-state index contributed by atoms with van der Waals surface area (Å²) in [6.07, 6.45) is 10.6. The molecule has 1 heterocycles. The van der Waals surface area contributed by atoms with Crippen molar-refractivity contribution in [1.82, 2.24) is 5.32 Å². The first-order valence-corrected chi connectivity index (χ1v) is 13.6. The predicted octanol–water partition coefficient (Wildman–Crippen LogP) is 2.09. The fourth-order valence-electron chi connectivity index (χ4n) is 3.91. The highest BCUT2D eigenvalue weighted by atomic mass is 16.7. The molecule has 0 aromatic carbocycles. The second-order valence-corrected chi connectivity index (χ2v) is 9.48. The summed E-state index contributed by atoms with van der Waals surface area (Å²) in [7, 11) is 0. The minimum absolute atomic E-state index is 0.204. The zero-order valence-electron chi connectivity index (χ0n) is 22.0. The number of aliphatic hydroxyl groups is 5. The highest BCUT2D eigenvalue weighted by molar-refractivity contribution is 5.76. The number of carbonyl (C=O) groups is 1. The van der Waals surface area contributed by atoms with Gasteiger partial charge in [-0.05, 0) is 32.1 Å². The van der Waals surface area contributed by atoms with Crippen molar-refractivity contribution in [3.63, 3.8) is 0 Å². The molecule has 0 bridgehead atoms. The maximum Gasteiger partial charge on any atom is 0.220 e. The zero-order chi connectivity index (χ0) is 26.8. The van der Waals surface area contributed by atoms with Gasteiger partial charge in [-0.25, -0.2) is 0 Å². The number of ether oxygens (including phenoxy) is 2. The molecule has 0 aromatic heterocycles. The van der Waals surface area contributed by atoms with E-state index in [0.29, 0.717) is 12.8 Å². The van der Waals surface area contributed by atoms with Crippen molar-refractivity contribution in [1.29, 1.82) is 0 Å². The number of hydrogen-bond acceptors (Lipinski definition) is 8. The third-order valence-corrected chi connectivity index (χ3v) is 6.28. The Kier molecular flexibility index (Phi) is 17.9. The summed E-state index contributed by atoms with van der Waals surface area (Å²) in [4.78, 5) is 12.3. The molecule has 1 rings (SSSR count). The maximum absolute atomic E-state index is 12.3. The SMILES string of the molecule is CCCCCCC/C=C/CC/C=C/C(O)C(COC1OC(CO)C(O)C(O)C1O)NC(=O)CCCC. The van der Waals surface area contributed by atoms with E-state index in [9.17, 15) is 30.3 Å². The largest absolute Gasteiger partial charge is 0.394 e. The Morgan fingerprint density at radius 1 is 0.917 bits per heavy atom. The molecule has 1 aliphatic heterocycles. The van der Waals surface area contributed by atoms with Gasteiger partial charge in [-0.3, -0.25) is 4.79 Å². The smallest absolute Gasteiger partial charge is 0.220 e. The number of aliphatic hydroxyl groups excluding tert-OH is 5. The molecule has 9 nitrogen and oxygen atoms in total. The summed E-state index contributed by atoms with van der Waals surface area (Å²) in [6, 6.07) is -0.809. The maximum atomic E-state index is 12.3. The van der Waals surface area contributed by atoms with Crippen LogP contribution in [0, 0.1) is 0 Å². The highest BCUT2D eigenvalue weighted by Gasteiger charge is 2.44. The van der Waals surface area contributed by atoms with E-state index in [1.54, 1.807) is 6.08 Å². The minimum atomic E-state index is -1.56. The van der Waals surface area contributed by atoms with Crippen LogP contribution in [0.25, 0.3) is 0 Å². The van der Waals surface area contributed by atoms with Crippen LogP contribution >= 0.6 is 0 Å². The Bertz CT molecular complexity index is 627. The summed E-state index contributed by atoms with van der Waals surface area (Å²) < 4.78 is 10.9. The zero-order valence-corrected chi connectivity index (χ0v) is 22.0. The van der Waals surface area contributed by atoms with Crippen molar-refractivity contribution in [2.75, 3.05) is 13.2 Å². The molecule has 6 N–H and O–H groups in total. The van der Waals surface area contributed by atoms with Gasteiger partial charge in [0.1, 0.15) is 24.4 Å². The summed E-state index contributed by atoms with van der Waals surface area (Å²) in [5.41, 5.74) is 0. The van der Waals surface area contributed by atoms with Gasteiger partial charge in [0.2, 0.25) is 5.91 Å². The van der Waals surface area contributed by atoms with E-state index in [1.165, 1.54) is 32.1 Å². The van der Waals surface area contributed by atoms with Crippen molar-refractivity contribution < 1.29 is 39.8 Å². The van der Waals surface area contributed by atoms with E-state index < -0.39 is 49.5 Å². The monoisotopic (exact) mass is 515 g/mol. The molecule has 1 aliphatic rings. The molecule has 210 valence electrons. The van der Waals surface area contributed by atoms with Crippen LogP contribution in [-0.4, -0.2) is 87.5 Å². The lowest BCUT2D eigenvalue weighted by Crippen LogP contribution is -2.60. The Morgan fingerprint density at radius 3 is 2.28 bits per heavy atom. The van der Waals surface area contributed by atoms with Gasteiger partial charge in [0.15, 0.2) is 6.29 Å². The fraction of sp³-hybridized carbons (Fsp3) is 0.815. The van der Waals surface area contributed by atoms with Gasteiger partial charge in [-0.2, -0.15) is 0 Å². The van der Waals surface area contributed by atoms with Crippen LogP contribution in [-0.2, 0) is 14.3 Å². The van der Waals surface area contributed by atoms with Crippen LogP contribution in [0.5, 0.6) is 0 Å². The van der Waals surface area contributed by atoms with Crippen molar-refractivity contribution in [3.8, 4) is 0 Å². The predicted molar refractivity (Wildman–Crippen MR) is 138 cm³/mol. The third-order valence-electron chi connectivity index (χ3n) is 6.28. The van der Waals surface area contributed by atoms with Gasteiger partial charge in [-0.15, -0.1) is 0 Å².